The molecule has 0 aliphatic heterocycles. The van der Waals surface area contributed by atoms with Crippen LogP contribution in [0.15, 0.2) is 164 Å². The minimum absolute atomic E-state index is 0.569. The van der Waals surface area contributed by atoms with Gasteiger partial charge in [-0.3, -0.25) is 0 Å². The van der Waals surface area contributed by atoms with Crippen LogP contribution in [-0.2, 0) is 0 Å². The van der Waals surface area contributed by atoms with Crippen molar-refractivity contribution >= 4 is 59.0 Å². The van der Waals surface area contributed by atoms with Gasteiger partial charge in [0.1, 0.15) is 0 Å². The number of fused-ring (bicyclic) bond motifs is 6. The molecule has 52 heavy (non-hydrogen) atoms. The van der Waals surface area contributed by atoms with Gasteiger partial charge in [0.05, 0.1) is 17.8 Å². The van der Waals surface area contributed by atoms with Gasteiger partial charge in [0.2, 0.25) is 0 Å². The van der Waals surface area contributed by atoms with Crippen molar-refractivity contribution in [2.24, 2.45) is 0 Å². The summed E-state index contributed by atoms with van der Waals surface area (Å²) in [5, 5.41) is 4.68. The van der Waals surface area contributed by atoms with E-state index in [1.54, 1.807) is 0 Å². The Hall–Kier alpha value is -6.94. The van der Waals surface area contributed by atoms with Gasteiger partial charge in [-0.2, -0.15) is 0 Å². The average Bonchev–Trinajstić information content (AvgIpc) is 3.76. The number of nitrogens with zero attached hydrogens (tertiary/aromatic N) is 5. The number of aromatic nitrogens is 4. The number of benzene rings is 7. The average molecular weight is 682 g/mol. The second kappa shape index (κ2) is 12.1. The molecule has 242 valence electrons. The molecule has 0 saturated carbocycles. The zero-order valence-electron chi connectivity index (χ0n) is 27.7. The predicted octanol–water partition coefficient (Wildman–Crippen LogP) is 12.6. The molecule has 0 saturated heterocycles. The lowest BCUT2D eigenvalue weighted by molar-refractivity contribution is 1.06. The summed E-state index contributed by atoms with van der Waals surface area (Å²) in [5.74, 6) is 1.77. The molecule has 0 aliphatic carbocycles. The Morgan fingerprint density at radius 3 is 1.85 bits per heavy atom. The van der Waals surface area contributed by atoms with Crippen LogP contribution in [0.5, 0.6) is 0 Å². The Morgan fingerprint density at radius 2 is 1.10 bits per heavy atom. The first-order chi connectivity index (χ1) is 25.7. The molecule has 0 fully saturated rings. The number of para-hydroxylation sites is 1. The van der Waals surface area contributed by atoms with E-state index in [1.165, 1.54) is 20.2 Å². The zero-order valence-corrected chi connectivity index (χ0v) is 28.5. The van der Waals surface area contributed by atoms with Gasteiger partial charge in [-0.1, -0.05) is 127 Å². The van der Waals surface area contributed by atoms with Crippen LogP contribution in [0.1, 0.15) is 0 Å². The SMILES string of the molecule is [C-]#[N+]c1ccc2c3ccccc3n(-c3ccc(-c4cccc5sc6ccccc6c45)cc3-c3nc(-c4ccccc4)nc(-c4ccccc4)n3)c2c1. The Morgan fingerprint density at radius 1 is 0.462 bits per heavy atom. The number of hydrogen-bond acceptors (Lipinski definition) is 4. The van der Waals surface area contributed by atoms with E-state index in [0.29, 0.717) is 23.2 Å². The fourth-order valence-corrected chi connectivity index (χ4v) is 8.44. The number of hydrogen-bond donors (Lipinski definition) is 0. The first kappa shape index (κ1) is 29.9. The van der Waals surface area contributed by atoms with Gasteiger partial charge in [0, 0.05) is 53.2 Å². The van der Waals surface area contributed by atoms with Crippen LogP contribution in [0.4, 0.5) is 5.69 Å². The van der Waals surface area contributed by atoms with Gasteiger partial charge in [-0.05, 0) is 47.5 Å². The predicted molar refractivity (Wildman–Crippen MR) is 215 cm³/mol. The van der Waals surface area contributed by atoms with Crippen molar-refractivity contribution in [1.29, 1.82) is 0 Å². The number of thiophene rings is 1. The van der Waals surface area contributed by atoms with E-state index in [0.717, 1.165) is 55.3 Å². The van der Waals surface area contributed by atoms with Gasteiger partial charge in [-0.15, -0.1) is 11.3 Å². The van der Waals surface area contributed by atoms with Crippen molar-refractivity contribution < 1.29 is 0 Å². The molecule has 5 nitrogen and oxygen atoms in total. The molecule has 0 spiro atoms. The van der Waals surface area contributed by atoms with Gasteiger partial charge in [-0.25, -0.2) is 19.8 Å². The maximum absolute atomic E-state index is 7.84. The van der Waals surface area contributed by atoms with Crippen molar-refractivity contribution in [1.82, 2.24) is 19.5 Å². The second-order valence-corrected chi connectivity index (χ2v) is 13.8. The van der Waals surface area contributed by atoms with Gasteiger partial charge >= 0.3 is 0 Å². The molecule has 0 amide bonds. The van der Waals surface area contributed by atoms with E-state index in [4.69, 9.17) is 21.5 Å². The molecule has 3 heterocycles. The van der Waals surface area contributed by atoms with E-state index in [9.17, 15) is 0 Å². The zero-order chi connectivity index (χ0) is 34.6. The van der Waals surface area contributed by atoms with E-state index in [-0.39, 0.29) is 0 Å². The van der Waals surface area contributed by atoms with Crippen molar-refractivity contribution in [3.8, 4) is 51.0 Å². The fraction of sp³-hybridized carbons (Fsp3) is 0. The second-order valence-electron chi connectivity index (χ2n) is 12.7. The third-order valence-corrected chi connectivity index (χ3v) is 10.8. The summed E-state index contributed by atoms with van der Waals surface area (Å²) < 4.78 is 4.77. The summed E-state index contributed by atoms with van der Waals surface area (Å²) >= 11 is 1.82. The maximum Gasteiger partial charge on any atom is 0.189 e. The highest BCUT2D eigenvalue weighted by atomic mass is 32.1. The Labute approximate surface area is 303 Å². The Balaban J connectivity index is 1.32. The van der Waals surface area contributed by atoms with Crippen molar-refractivity contribution in [3.63, 3.8) is 0 Å². The third kappa shape index (κ3) is 4.87. The van der Waals surface area contributed by atoms with Crippen LogP contribution in [-0.4, -0.2) is 19.5 Å². The van der Waals surface area contributed by atoms with Crippen LogP contribution in [0.3, 0.4) is 0 Å². The monoisotopic (exact) mass is 681 g/mol. The third-order valence-electron chi connectivity index (χ3n) is 9.68. The van der Waals surface area contributed by atoms with Gasteiger partial charge in [0.15, 0.2) is 23.2 Å². The summed E-state index contributed by atoms with van der Waals surface area (Å²) in [4.78, 5) is 19.2. The van der Waals surface area contributed by atoms with Crippen molar-refractivity contribution in [2.75, 3.05) is 0 Å². The van der Waals surface area contributed by atoms with Crippen molar-refractivity contribution in [2.45, 2.75) is 0 Å². The standard InChI is InChI=1S/C46H27N5S/c1-47-32-24-25-35-34-17-8-10-20-38(34)51(40(35)28-32)39-26-23-31(33-19-12-22-42-43(33)36-18-9-11-21-41(36)52-42)27-37(39)46-49-44(29-13-4-2-5-14-29)48-45(50-46)30-15-6-3-7-16-30/h2-28H. The van der Waals surface area contributed by atoms with E-state index < -0.39 is 0 Å². The summed E-state index contributed by atoms with van der Waals surface area (Å²) in [6.07, 6.45) is 0. The lowest BCUT2D eigenvalue weighted by atomic mass is 9.96. The van der Waals surface area contributed by atoms with E-state index >= 15 is 0 Å². The fourth-order valence-electron chi connectivity index (χ4n) is 7.31. The molecule has 7 aromatic carbocycles. The Bertz CT molecular complexity index is 2970. The molecule has 0 atom stereocenters. The summed E-state index contributed by atoms with van der Waals surface area (Å²) in [6, 6.07) is 56.3. The van der Waals surface area contributed by atoms with E-state index in [1.807, 2.05) is 84.1 Å². The molecule has 3 aromatic heterocycles. The molecular weight excluding hydrogens is 655 g/mol. The molecular formula is C46H27N5S. The summed E-state index contributed by atoms with van der Waals surface area (Å²) in [6.45, 7) is 7.84. The topological polar surface area (TPSA) is 48.0 Å². The lowest BCUT2D eigenvalue weighted by Gasteiger charge is -2.17. The Kier molecular flexibility index (Phi) is 6.98. The molecule has 10 rings (SSSR count). The van der Waals surface area contributed by atoms with E-state index in [2.05, 4.69) is 100 Å². The quantitative estimate of drug-likeness (QED) is 0.170. The maximum atomic E-state index is 7.84. The summed E-state index contributed by atoms with van der Waals surface area (Å²) in [5.41, 5.74) is 8.41. The lowest BCUT2D eigenvalue weighted by Crippen LogP contribution is -2.04. The minimum Gasteiger partial charge on any atom is -0.310 e. The first-order valence-corrected chi connectivity index (χ1v) is 17.9. The molecule has 10 aromatic rings. The van der Waals surface area contributed by atoms with Gasteiger partial charge < -0.3 is 4.57 Å². The molecule has 0 bridgehead atoms. The van der Waals surface area contributed by atoms with Crippen LogP contribution in [0, 0.1) is 6.57 Å². The van der Waals surface area contributed by atoms with Crippen LogP contribution in [0.25, 0.3) is 97.8 Å². The van der Waals surface area contributed by atoms with Crippen molar-refractivity contribution in [3.05, 3.63) is 175 Å². The molecule has 0 N–H and O–H groups in total. The number of rotatable bonds is 5. The molecule has 0 aliphatic rings. The molecule has 0 radical (unpaired) electrons. The minimum atomic E-state index is 0.569. The van der Waals surface area contributed by atoms with Crippen LogP contribution >= 0.6 is 11.3 Å². The first-order valence-electron chi connectivity index (χ1n) is 17.1. The normalized spacial score (nSPS) is 11.4. The van der Waals surface area contributed by atoms with Crippen LogP contribution < -0.4 is 0 Å². The smallest absolute Gasteiger partial charge is 0.189 e. The highest BCUT2D eigenvalue weighted by Gasteiger charge is 2.21. The highest BCUT2D eigenvalue weighted by molar-refractivity contribution is 7.25. The highest BCUT2D eigenvalue weighted by Crippen LogP contribution is 2.43. The largest absolute Gasteiger partial charge is 0.310 e. The van der Waals surface area contributed by atoms with Crippen LogP contribution in [0.2, 0.25) is 0 Å². The molecule has 6 heteroatoms. The van der Waals surface area contributed by atoms with Gasteiger partial charge in [0.25, 0.3) is 0 Å². The summed E-state index contributed by atoms with van der Waals surface area (Å²) in [7, 11) is 0. The molecule has 0 unspecified atom stereocenters.